The fourth-order valence-corrected chi connectivity index (χ4v) is 1.97. The van der Waals surface area contributed by atoms with Crippen LogP contribution in [0.4, 0.5) is 4.39 Å². The SMILES string of the molecule is Cc1ccc(F)c(C(=O)NCC2(N)CCC2)c1.Cl. The molecule has 0 bridgehead atoms. The van der Waals surface area contributed by atoms with Crippen LogP contribution < -0.4 is 11.1 Å². The number of carbonyl (C=O) groups excluding carboxylic acids is 1. The topological polar surface area (TPSA) is 55.1 Å². The fraction of sp³-hybridized carbons (Fsp3) is 0.462. The third-order valence-corrected chi connectivity index (χ3v) is 3.32. The van der Waals surface area contributed by atoms with Gasteiger partial charge in [-0.1, -0.05) is 11.6 Å². The summed E-state index contributed by atoms with van der Waals surface area (Å²) < 4.78 is 13.4. The highest BCUT2D eigenvalue weighted by Crippen LogP contribution is 2.28. The van der Waals surface area contributed by atoms with Crippen LogP contribution in [-0.4, -0.2) is 18.0 Å². The van der Waals surface area contributed by atoms with Gasteiger partial charge in [-0.3, -0.25) is 4.79 Å². The van der Waals surface area contributed by atoms with E-state index >= 15 is 0 Å². The number of nitrogens with two attached hydrogens (primary N) is 1. The molecule has 0 aliphatic heterocycles. The van der Waals surface area contributed by atoms with Gasteiger partial charge in [0.05, 0.1) is 5.56 Å². The maximum atomic E-state index is 13.4. The van der Waals surface area contributed by atoms with Crippen LogP contribution >= 0.6 is 12.4 Å². The van der Waals surface area contributed by atoms with Crippen LogP contribution in [0.25, 0.3) is 0 Å². The highest BCUT2D eigenvalue weighted by molar-refractivity contribution is 5.94. The number of aryl methyl sites for hydroxylation is 1. The largest absolute Gasteiger partial charge is 0.350 e. The van der Waals surface area contributed by atoms with E-state index in [1.807, 2.05) is 6.92 Å². The van der Waals surface area contributed by atoms with E-state index in [1.165, 1.54) is 6.07 Å². The number of carbonyl (C=O) groups is 1. The third kappa shape index (κ3) is 3.21. The summed E-state index contributed by atoms with van der Waals surface area (Å²) in [5.41, 5.74) is 6.66. The minimum atomic E-state index is -0.493. The molecule has 1 aliphatic rings. The second-order valence-corrected chi connectivity index (χ2v) is 4.88. The Bertz CT molecular complexity index is 447. The van der Waals surface area contributed by atoms with Crippen molar-refractivity contribution in [2.24, 2.45) is 5.73 Å². The van der Waals surface area contributed by atoms with E-state index in [4.69, 9.17) is 5.73 Å². The molecule has 2 rings (SSSR count). The van der Waals surface area contributed by atoms with E-state index in [1.54, 1.807) is 12.1 Å². The zero-order valence-electron chi connectivity index (χ0n) is 10.3. The number of hydrogen-bond acceptors (Lipinski definition) is 2. The lowest BCUT2D eigenvalue weighted by Gasteiger charge is -2.38. The second kappa shape index (κ2) is 5.67. The highest BCUT2D eigenvalue weighted by Gasteiger charge is 2.32. The standard InChI is InChI=1S/C13H17FN2O.ClH/c1-9-3-4-11(14)10(7-9)12(17)16-8-13(15)5-2-6-13;/h3-4,7H,2,5-6,8,15H2,1H3,(H,16,17);1H. The van der Waals surface area contributed by atoms with E-state index < -0.39 is 5.82 Å². The zero-order chi connectivity index (χ0) is 12.5. The Hall–Kier alpha value is -1.13. The Balaban J connectivity index is 0.00000162. The number of halogens is 2. The molecule has 0 aromatic heterocycles. The number of benzene rings is 1. The maximum absolute atomic E-state index is 13.4. The van der Waals surface area contributed by atoms with Crippen molar-refractivity contribution in [1.82, 2.24) is 5.32 Å². The molecular formula is C13H18ClFN2O. The Labute approximate surface area is 112 Å². The molecule has 0 unspecified atom stereocenters. The molecule has 3 nitrogen and oxygen atoms in total. The predicted molar refractivity (Wildman–Crippen MR) is 71.5 cm³/mol. The van der Waals surface area contributed by atoms with Crippen molar-refractivity contribution in [3.05, 3.63) is 35.1 Å². The molecule has 18 heavy (non-hydrogen) atoms. The van der Waals surface area contributed by atoms with Crippen LogP contribution in [0, 0.1) is 12.7 Å². The first-order chi connectivity index (χ1) is 8.00. The van der Waals surface area contributed by atoms with Gasteiger partial charge in [-0.05, 0) is 38.3 Å². The Morgan fingerprint density at radius 3 is 2.72 bits per heavy atom. The zero-order valence-corrected chi connectivity index (χ0v) is 11.1. The fourth-order valence-electron chi connectivity index (χ4n) is 1.97. The van der Waals surface area contributed by atoms with Crippen molar-refractivity contribution in [1.29, 1.82) is 0 Å². The quantitative estimate of drug-likeness (QED) is 0.886. The van der Waals surface area contributed by atoms with Gasteiger partial charge in [0, 0.05) is 12.1 Å². The number of amides is 1. The molecule has 1 aromatic rings. The lowest BCUT2D eigenvalue weighted by molar-refractivity contribution is 0.0925. The van der Waals surface area contributed by atoms with Crippen molar-refractivity contribution >= 4 is 18.3 Å². The van der Waals surface area contributed by atoms with E-state index in [0.717, 1.165) is 24.8 Å². The van der Waals surface area contributed by atoms with Gasteiger partial charge in [0.2, 0.25) is 0 Å². The van der Waals surface area contributed by atoms with Gasteiger partial charge in [0.15, 0.2) is 0 Å². The van der Waals surface area contributed by atoms with Crippen molar-refractivity contribution in [3.63, 3.8) is 0 Å². The lowest BCUT2D eigenvalue weighted by Crippen LogP contribution is -2.55. The molecule has 1 aromatic carbocycles. The van der Waals surface area contributed by atoms with Crippen molar-refractivity contribution in [3.8, 4) is 0 Å². The van der Waals surface area contributed by atoms with Crippen LogP contribution in [0.15, 0.2) is 18.2 Å². The Morgan fingerprint density at radius 1 is 1.50 bits per heavy atom. The van der Waals surface area contributed by atoms with Crippen molar-refractivity contribution < 1.29 is 9.18 Å². The molecule has 5 heteroatoms. The van der Waals surface area contributed by atoms with Crippen LogP contribution in [0.2, 0.25) is 0 Å². The van der Waals surface area contributed by atoms with Crippen LogP contribution in [0.3, 0.4) is 0 Å². The van der Waals surface area contributed by atoms with Gasteiger partial charge in [0.25, 0.3) is 5.91 Å². The van der Waals surface area contributed by atoms with Gasteiger partial charge in [-0.25, -0.2) is 4.39 Å². The average Bonchev–Trinajstić information content (AvgIpc) is 2.26. The molecule has 0 saturated heterocycles. The summed E-state index contributed by atoms with van der Waals surface area (Å²) in [6.45, 7) is 2.24. The number of hydrogen-bond donors (Lipinski definition) is 2. The monoisotopic (exact) mass is 272 g/mol. The van der Waals surface area contributed by atoms with Crippen LogP contribution in [0.1, 0.15) is 35.2 Å². The summed E-state index contributed by atoms with van der Waals surface area (Å²) in [6.07, 6.45) is 2.94. The molecule has 0 radical (unpaired) electrons. The predicted octanol–water partition coefficient (Wildman–Crippen LogP) is 2.17. The van der Waals surface area contributed by atoms with Gasteiger partial charge in [-0.15, -0.1) is 12.4 Å². The average molecular weight is 273 g/mol. The first-order valence-electron chi connectivity index (χ1n) is 5.83. The van der Waals surface area contributed by atoms with Crippen LogP contribution in [0.5, 0.6) is 0 Å². The van der Waals surface area contributed by atoms with Gasteiger partial charge in [-0.2, -0.15) is 0 Å². The van der Waals surface area contributed by atoms with Gasteiger partial charge >= 0.3 is 0 Å². The lowest BCUT2D eigenvalue weighted by atomic mass is 9.78. The smallest absolute Gasteiger partial charge is 0.254 e. The first kappa shape index (κ1) is 14.9. The van der Waals surface area contributed by atoms with Crippen LogP contribution in [-0.2, 0) is 0 Å². The van der Waals surface area contributed by atoms with E-state index in [-0.39, 0.29) is 29.4 Å². The summed E-state index contributed by atoms with van der Waals surface area (Å²) in [5.74, 6) is -0.879. The molecule has 0 spiro atoms. The molecule has 1 aliphatic carbocycles. The second-order valence-electron chi connectivity index (χ2n) is 4.88. The molecule has 1 saturated carbocycles. The van der Waals surface area contributed by atoms with Gasteiger partial charge < -0.3 is 11.1 Å². The summed E-state index contributed by atoms with van der Waals surface area (Å²) in [5, 5.41) is 2.71. The van der Waals surface area contributed by atoms with Gasteiger partial charge in [0.1, 0.15) is 5.82 Å². The minimum absolute atomic E-state index is 0. The van der Waals surface area contributed by atoms with E-state index in [2.05, 4.69) is 5.32 Å². The Morgan fingerprint density at radius 2 is 2.17 bits per heavy atom. The highest BCUT2D eigenvalue weighted by atomic mass is 35.5. The normalized spacial score (nSPS) is 16.4. The maximum Gasteiger partial charge on any atom is 0.254 e. The molecular weight excluding hydrogens is 255 g/mol. The molecule has 3 N–H and O–H groups in total. The first-order valence-corrected chi connectivity index (χ1v) is 5.83. The summed E-state index contributed by atoms with van der Waals surface area (Å²) in [7, 11) is 0. The minimum Gasteiger partial charge on any atom is -0.350 e. The van der Waals surface area contributed by atoms with Crippen molar-refractivity contribution in [2.75, 3.05) is 6.54 Å². The molecule has 100 valence electrons. The third-order valence-electron chi connectivity index (χ3n) is 3.32. The number of nitrogens with one attached hydrogen (secondary N) is 1. The van der Waals surface area contributed by atoms with Crippen molar-refractivity contribution in [2.45, 2.75) is 31.7 Å². The molecule has 0 heterocycles. The summed E-state index contributed by atoms with van der Waals surface area (Å²) >= 11 is 0. The summed E-state index contributed by atoms with van der Waals surface area (Å²) in [6, 6.07) is 4.50. The molecule has 1 fully saturated rings. The van der Waals surface area contributed by atoms with E-state index in [9.17, 15) is 9.18 Å². The van der Waals surface area contributed by atoms with E-state index in [0.29, 0.717) is 6.54 Å². The molecule has 0 atom stereocenters. The summed E-state index contributed by atoms with van der Waals surface area (Å²) in [4.78, 5) is 11.8. The number of rotatable bonds is 3. The molecule has 1 amide bonds. The Kier molecular flexibility index (Phi) is 4.71.